The highest BCUT2D eigenvalue weighted by molar-refractivity contribution is 7.98. The van der Waals surface area contributed by atoms with E-state index >= 15 is 0 Å². The molecule has 0 spiro atoms. The van der Waals surface area contributed by atoms with Gasteiger partial charge in [-0.3, -0.25) is 0 Å². The second-order valence-electron chi connectivity index (χ2n) is 2.95. The van der Waals surface area contributed by atoms with Crippen molar-refractivity contribution in [3.63, 3.8) is 0 Å². The minimum absolute atomic E-state index is 0.325. The van der Waals surface area contributed by atoms with Gasteiger partial charge in [0.05, 0.1) is 10.7 Å². The van der Waals surface area contributed by atoms with Gasteiger partial charge in [0.25, 0.3) is 0 Å². The van der Waals surface area contributed by atoms with Crippen LogP contribution in [0, 0.1) is 0 Å². The van der Waals surface area contributed by atoms with Gasteiger partial charge in [-0.15, -0.1) is 5.10 Å². The lowest BCUT2D eigenvalue weighted by molar-refractivity contribution is 0.873. The smallest absolute Gasteiger partial charge is 0.246 e. The third-order valence-corrected chi connectivity index (χ3v) is 3.15. The Bertz CT molecular complexity index is 578. The number of nitrogens with one attached hydrogen (secondary N) is 1. The lowest BCUT2D eigenvalue weighted by Crippen LogP contribution is -2.15. The number of hydrogen-bond donors (Lipinski definition) is 1. The molecule has 0 aliphatic carbocycles. The third kappa shape index (κ3) is 1.98. The average Bonchev–Trinajstić information content (AvgIpc) is 2.60. The first kappa shape index (κ1) is 11.6. The van der Waals surface area contributed by atoms with Gasteiger partial charge in [0.15, 0.2) is 5.16 Å². The fourth-order valence-electron chi connectivity index (χ4n) is 1.29. The molecule has 0 amide bonds. The van der Waals surface area contributed by atoms with Gasteiger partial charge in [-0.1, -0.05) is 35.0 Å². The number of H-pyrrole nitrogens is 1. The molecule has 0 atom stereocenters. The number of nitrogens with zero attached hydrogens (tertiary/aromatic N) is 2. The molecule has 0 saturated carbocycles. The van der Waals surface area contributed by atoms with Gasteiger partial charge in [0, 0.05) is 5.02 Å². The average molecular weight is 276 g/mol. The zero-order valence-electron chi connectivity index (χ0n) is 8.20. The van der Waals surface area contributed by atoms with Crippen LogP contribution in [0.2, 0.25) is 10.0 Å². The Hall–Kier alpha value is -0.910. The Kier molecular flexibility index (Phi) is 3.28. The zero-order valence-corrected chi connectivity index (χ0v) is 10.5. The molecule has 0 bridgehead atoms. The summed E-state index contributed by atoms with van der Waals surface area (Å²) in [5, 5.41) is 7.73. The van der Waals surface area contributed by atoms with Crippen molar-refractivity contribution in [2.24, 2.45) is 0 Å². The monoisotopic (exact) mass is 275 g/mol. The second kappa shape index (κ2) is 4.53. The van der Waals surface area contributed by atoms with Crippen LogP contribution in [-0.2, 0) is 0 Å². The molecule has 0 aliphatic heterocycles. The maximum atomic E-state index is 11.6. The Morgan fingerprint density at radius 3 is 2.81 bits per heavy atom. The van der Waals surface area contributed by atoms with Crippen LogP contribution in [0.5, 0.6) is 0 Å². The van der Waals surface area contributed by atoms with Crippen LogP contribution in [0.25, 0.3) is 5.69 Å². The van der Waals surface area contributed by atoms with Gasteiger partial charge in [-0.05, 0) is 24.5 Å². The maximum absolute atomic E-state index is 11.6. The summed E-state index contributed by atoms with van der Waals surface area (Å²) in [6.07, 6.45) is 1.83. The molecule has 1 N–H and O–H groups in total. The number of aromatic nitrogens is 3. The van der Waals surface area contributed by atoms with Crippen molar-refractivity contribution in [1.29, 1.82) is 0 Å². The fourth-order valence-corrected chi connectivity index (χ4v) is 2.29. The van der Waals surface area contributed by atoms with Crippen LogP contribution in [0.4, 0.5) is 0 Å². The highest BCUT2D eigenvalue weighted by Crippen LogP contribution is 2.25. The first-order valence-corrected chi connectivity index (χ1v) is 6.28. The van der Waals surface area contributed by atoms with Crippen LogP contribution in [-0.4, -0.2) is 21.0 Å². The minimum Gasteiger partial charge on any atom is -0.246 e. The summed E-state index contributed by atoms with van der Waals surface area (Å²) in [5.74, 6) is 0. The van der Waals surface area contributed by atoms with E-state index in [4.69, 9.17) is 23.2 Å². The van der Waals surface area contributed by atoms with E-state index in [-0.39, 0.29) is 5.69 Å². The highest BCUT2D eigenvalue weighted by Gasteiger charge is 2.12. The van der Waals surface area contributed by atoms with Crippen LogP contribution in [0.1, 0.15) is 0 Å². The molecule has 0 saturated heterocycles. The predicted molar refractivity (Wildman–Crippen MR) is 66.0 cm³/mol. The van der Waals surface area contributed by atoms with Gasteiger partial charge >= 0.3 is 5.69 Å². The molecule has 1 aromatic carbocycles. The highest BCUT2D eigenvalue weighted by atomic mass is 35.5. The topological polar surface area (TPSA) is 50.7 Å². The number of thioether (sulfide) groups is 1. The van der Waals surface area contributed by atoms with E-state index in [1.54, 1.807) is 18.2 Å². The van der Waals surface area contributed by atoms with Gasteiger partial charge in [-0.2, -0.15) is 0 Å². The molecular weight excluding hydrogens is 269 g/mol. The summed E-state index contributed by atoms with van der Waals surface area (Å²) < 4.78 is 1.41. The Balaban J connectivity index is 2.67. The molecule has 1 aromatic heterocycles. The molecule has 84 valence electrons. The van der Waals surface area contributed by atoms with E-state index in [1.807, 2.05) is 6.26 Å². The summed E-state index contributed by atoms with van der Waals surface area (Å²) >= 11 is 13.2. The molecule has 2 aromatic rings. The molecule has 4 nitrogen and oxygen atoms in total. The lowest BCUT2D eigenvalue weighted by Gasteiger charge is -2.06. The number of halogens is 2. The first-order chi connectivity index (χ1) is 7.63. The summed E-state index contributed by atoms with van der Waals surface area (Å²) in [4.78, 5) is 11.6. The van der Waals surface area contributed by atoms with Crippen LogP contribution in [0.15, 0.2) is 28.2 Å². The Morgan fingerprint density at radius 2 is 2.19 bits per heavy atom. The van der Waals surface area contributed by atoms with Gasteiger partial charge < -0.3 is 0 Å². The van der Waals surface area contributed by atoms with E-state index < -0.39 is 0 Å². The molecule has 0 radical (unpaired) electrons. The lowest BCUT2D eigenvalue weighted by atomic mass is 10.3. The first-order valence-electron chi connectivity index (χ1n) is 4.30. The van der Waals surface area contributed by atoms with Crippen LogP contribution >= 0.6 is 35.0 Å². The van der Waals surface area contributed by atoms with Crippen molar-refractivity contribution in [1.82, 2.24) is 14.8 Å². The minimum atomic E-state index is -0.325. The number of hydrogen-bond acceptors (Lipinski definition) is 3. The molecule has 0 aliphatic rings. The van der Waals surface area contributed by atoms with Gasteiger partial charge in [0.2, 0.25) is 0 Å². The van der Waals surface area contributed by atoms with Crippen molar-refractivity contribution in [3.8, 4) is 5.69 Å². The Morgan fingerprint density at radius 1 is 1.44 bits per heavy atom. The molecule has 2 rings (SSSR count). The van der Waals surface area contributed by atoms with Gasteiger partial charge in [0.1, 0.15) is 0 Å². The summed E-state index contributed by atoms with van der Waals surface area (Å²) in [7, 11) is 0. The molecular formula is C9H7Cl2N3OS. The molecule has 7 heteroatoms. The summed E-state index contributed by atoms with van der Waals surface area (Å²) in [5.41, 5.74) is 0.239. The maximum Gasteiger partial charge on any atom is 0.348 e. The van der Waals surface area contributed by atoms with E-state index in [0.717, 1.165) is 0 Å². The van der Waals surface area contributed by atoms with E-state index in [0.29, 0.717) is 20.9 Å². The number of rotatable bonds is 2. The van der Waals surface area contributed by atoms with E-state index in [2.05, 4.69) is 10.2 Å². The van der Waals surface area contributed by atoms with Crippen molar-refractivity contribution >= 4 is 35.0 Å². The summed E-state index contributed by atoms with van der Waals surface area (Å²) in [6, 6.07) is 4.94. The van der Waals surface area contributed by atoms with Crippen LogP contribution in [0.3, 0.4) is 0 Å². The van der Waals surface area contributed by atoms with Crippen molar-refractivity contribution in [2.45, 2.75) is 5.16 Å². The quantitative estimate of drug-likeness (QED) is 0.858. The predicted octanol–water partition coefficient (Wildman–Crippen LogP) is 2.59. The summed E-state index contributed by atoms with van der Waals surface area (Å²) in [6.45, 7) is 0. The molecule has 16 heavy (non-hydrogen) atoms. The van der Waals surface area contributed by atoms with E-state index in [9.17, 15) is 4.79 Å². The van der Waals surface area contributed by atoms with Crippen LogP contribution < -0.4 is 5.69 Å². The Labute approximate surface area is 106 Å². The van der Waals surface area contributed by atoms with Gasteiger partial charge in [-0.25, -0.2) is 14.5 Å². The fraction of sp³-hybridized carbons (Fsp3) is 0.111. The van der Waals surface area contributed by atoms with Crippen molar-refractivity contribution < 1.29 is 0 Å². The third-order valence-electron chi connectivity index (χ3n) is 1.97. The molecule has 0 unspecified atom stereocenters. The second-order valence-corrected chi connectivity index (χ2v) is 4.56. The van der Waals surface area contributed by atoms with Crippen molar-refractivity contribution in [2.75, 3.05) is 6.26 Å². The normalized spacial score (nSPS) is 10.7. The molecule has 1 heterocycles. The van der Waals surface area contributed by atoms with E-state index in [1.165, 1.54) is 16.3 Å². The largest absolute Gasteiger partial charge is 0.348 e. The molecule has 0 fully saturated rings. The zero-order chi connectivity index (χ0) is 11.7. The van der Waals surface area contributed by atoms with Crippen molar-refractivity contribution in [3.05, 3.63) is 38.7 Å². The number of benzene rings is 1. The standard InChI is InChI=1S/C9H7Cl2N3OS/c1-16-9-13-12-8(15)14(9)7-3-2-5(10)4-6(7)11/h2-4H,1H3,(H,12,15). The SMILES string of the molecule is CSc1n[nH]c(=O)n1-c1ccc(Cl)cc1Cl. The number of aromatic amines is 1.